The van der Waals surface area contributed by atoms with Crippen LogP contribution in [0, 0.1) is 6.92 Å². The molecule has 0 aliphatic heterocycles. The number of aromatic nitrogens is 5. The highest BCUT2D eigenvalue weighted by molar-refractivity contribution is 5.86. The van der Waals surface area contributed by atoms with Gasteiger partial charge in [-0.1, -0.05) is 6.07 Å². The number of aryl methyl sites for hydroxylation is 1. The van der Waals surface area contributed by atoms with Crippen LogP contribution in [0.2, 0.25) is 0 Å². The molecule has 0 fully saturated rings. The number of hydrogen-bond donors (Lipinski definition) is 3. The van der Waals surface area contributed by atoms with E-state index in [2.05, 4.69) is 20.3 Å². The second-order valence-electron chi connectivity index (χ2n) is 7.85. The maximum atomic E-state index is 12.8. The topological polar surface area (TPSA) is 110 Å². The van der Waals surface area contributed by atoms with Gasteiger partial charge in [0.1, 0.15) is 11.4 Å². The average Bonchev–Trinajstić information content (AvgIpc) is 3.53. The molecular formula is C25H24N6O3. The zero-order chi connectivity index (χ0) is 23.7. The van der Waals surface area contributed by atoms with Gasteiger partial charge in [0.25, 0.3) is 5.56 Å². The molecule has 0 atom stereocenters. The second-order valence-corrected chi connectivity index (χ2v) is 7.85. The van der Waals surface area contributed by atoms with E-state index in [1.54, 1.807) is 32.9 Å². The lowest BCUT2D eigenvalue weighted by Crippen LogP contribution is -2.13. The first kappa shape index (κ1) is 21.3. The summed E-state index contributed by atoms with van der Waals surface area (Å²) in [6, 6.07) is 11.6. The van der Waals surface area contributed by atoms with Crippen molar-refractivity contribution in [1.29, 1.82) is 0 Å². The molecule has 0 aliphatic rings. The van der Waals surface area contributed by atoms with Gasteiger partial charge >= 0.3 is 0 Å². The zero-order valence-electron chi connectivity index (χ0n) is 19.0. The monoisotopic (exact) mass is 456 g/mol. The Morgan fingerprint density at radius 1 is 1.09 bits per heavy atom. The number of fused-ring (bicyclic) bond motifs is 1. The van der Waals surface area contributed by atoms with E-state index in [4.69, 9.17) is 14.5 Å². The Morgan fingerprint density at radius 3 is 2.71 bits per heavy atom. The average molecular weight is 457 g/mol. The number of aromatic amines is 2. The van der Waals surface area contributed by atoms with Gasteiger partial charge in [-0.15, -0.1) is 0 Å². The van der Waals surface area contributed by atoms with Crippen molar-refractivity contribution >= 4 is 16.7 Å². The molecule has 34 heavy (non-hydrogen) atoms. The highest BCUT2D eigenvalue weighted by atomic mass is 16.5. The van der Waals surface area contributed by atoms with Gasteiger partial charge in [0.2, 0.25) is 0 Å². The summed E-state index contributed by atoms with van der Waals surface area (Å²) >= 11 is 0. The molecule has 0 spiro atoms. The summed E-state index contributed by atoms with van der Waals surface area (Å²) in [5.74, 6) is 1.81. The molecule has 0 radical (unpaired) electrons. The molecular weight excluding hydrogens is 432 g/mol. The summed E-state index contributed by atoms with van der Waals surface area (Å²) in [5, 5.41) is 3.36. The van der Waals surface area contributed by atoms with E-state index in [9.17, 15) is 4.79 Å². The van der Waals surface area contributed by atoms with Gasteiger partial charge in [0, 0.05) is 30.8 Å². The summed E-state index contributed by atoms with van der Waals surface area (Å²) in [5.41, 5.74) is 5.48. The van der Waals surface area contributed by atoms with E-state index in [1.165, 1.54) is 0 Å². The predicted molar refractivity (Wildman–Crippen MR) is 131 cm³/mol. The fourth-order valence-corrected chi connectivity index (χ4v) is 4.00. The first-order valence-electron chi connectivity index (χ1n) is 10.7. The van der Waals surface area contributed by atoms with Crippen LogP contribution >= 0.6 is 0 Å². The number of anilines is 1. The molecule has 0 saturated heterocycles. The Hall–Kier alpha value is -4.53. The molecule has 0 aliphatic carbocycles. The Balaban J connectivity index is 1.50. The van der Waals surface area contributed by atoms with E-state index < -0.39 is 0 Å². The number of ether oxygens (including phenoxy) is 2. The van der Waals surface area contributed by atoms with E-state index >= 15 is 0 Å². The van der Waals surface area contributed by atoms with Crippen LogP contribution in [0.1, 0.15) is 11.1 Å². The maximum absolute atomic E-state index is 12.8. The predicted octanol–water partition coefficient (Wildman–Crippen LogP) is 4.04. The number of benzene rings is 2. The summed E-state index contributed by atoms with van der Waals surface area (Å²) in [4.78, 5) is 27.8. The first-order chi connectivity index (χ1) is 16.6. The smallest absolute Gasteiger partial charge is 0.261 e. The normalized spacial score (nSPS) is 11.0. The van der Waals surface area contributed by atoms with Crippen molar-refractivity contribution in [2.75, 3.05) is 19.5 Å². The molecule has 172 valence electrons. The molecule has 3 heterocycles. The Morgan fingerprint density at radius 2 is 1.94 bits per heavy atom. The standard InChI is InChI=1S/C25H24N6O3/c1-15-10-17(31-9-8-26-14-31)12-19-23(15)30-24(29-19)22-18(6-7-27-25(22)32)28-13-16-4-5-20(33-2)21(11-16)34-3/h4-12,14H,13H2,1-3H3,(H,29,30)(H2,27,28,32). The fraction of sp³-hybridized carbons (Fsp3) is 0.160. The van der Waals surface area contributed by atoms with Gasteiger partial charge in [0.05, 0.1) is 37.3 Å². The minimum Gasteiger partial charge on any atom is -0.493 e. The number of nitrogens with one attached hydrogen (secondary N) is 3. The van der Waals surface area contributed by atoms with Crippen molar-refractivity contribution in [3.63, 3.8) is 0 Å². The maximum Gasteiger partial charge on any atom is 0.261 e. The number of hydrogen-bond acceptors (Lipinski definition) is 6. The number of pyridine rings is 1. The minimum absolute atomic E-state index is 0.233. The van der Waals surface area contributed by atoms with E-state index in [0.29, 0.717) is 35.1 Å². The molecule has 5 aromatic rings. The number of methoxy groups -OCH3 is 2. The third-order valence-electron chi connectivity index (χ3n) is 5.69. The summed E-state index contributed by atoms with van der Waals surface area (Å²) in [6.45, 7) is 2.49. The highest BCUT2D eigenvalue weighted by Gasteiger charge is 2.16. The van der Waals surface area contributed by atoms with Crippen LogP contribution in [0.5, 0.6) is 11.5 Å². The van der Waals surface area contributed by atoms with Gasteiger partial charge < -0.3 is 29.3 Å². The molecule has 2 aromatic carbocycles. The van der Waals surface area contributed by atoms with Gasteiger partial charge in [-0.3, -0.25) is 4.79 Å². The second kappa shape index (κ2) is 8.78. The first-order valence-corrected chi connectivity index (χ1v) is 10.7. The zero-order valence-corrected chi connectivity index (χ0v) is 19.0. The Labute approximate surface area is 195 Å². The van der Waals surface area contributed by atoms with Crippen LogP contribution in [0.3, 0.4) is 0 Å². The highest BCUT2D eigenvalue weighted by Crippen LogP contribution is 2.30. The van der Waals surface area contributed by atoms with Gasteiger partial charge in [-0.25, -0.2) is 9.97 Å². The molecule has 9 nitrogen and oxygen atoms in total. The number of H-pyrrole nitrogens is 2. The molecule has 0 amide bonds. The van der Waals surface area contributed by atoms with Crippen LogP contribution in [-0.2, 0) is 6.54 Å². The van der Waals surface area contributed by atoms with Crippen molar-refractivity contribution in [2.45, 2.75) is 13.5 Å². The van der Waals surface area contributed by atoms with Crippen molar-refractivity contribution < 1.29 is 9.47 Å². The molecule has 3 N–H and O–H groups in total. The summed E-state index contributed by atoms with van der Waals surface area (Å²) in [7, 11) is 3.21. The number of rotatable bonds is 7. The van der Waals surface area contributed by atoms with E-state index in [0.717, 1.165) is 27.8 Å². The van der Waals surface area contributed by atoms with Crippen molar-refractivity contribution in [2.24, 2.45) is 0 Å². The van der Waals surface area contributed by atoms with Crippen LogP contribution in [0.15, 0.2) is 66.1 Å². The lowest BCUT2D eigenvalue weighted by Gasteiger charge is -2.12. The summed E-state index contributed by atoms with van der Waals surface area (Å²) < 4.78 is 12.6. The minimum atomic E-state index is -0.233. The fourth-order valence-electron chi connectivity index (χ4n) is 4.00. The van der Waals surface area contributed by atoms with Crippen LogP contribution < -0.4 is 20.3 Å². The van der Waals surface area contributed by atoms with Gasteiger partial charge in [-0.2, -0.15) is 0 Å². The van der Waals surface area contributed by atoms with Crippen molar-refractivity contribution in [1.82, 2.24) is 24.5 Å². The molecule has 0 unspecified atom stereocenters. The quantitative estimate of drug-likeness (QED) is 0.341. The van der Waals surface area contributed by atoms with Gasteiger partial charge in [0.15, 0.2) is 11.5 Å². The number of imidazole rings is 2. The van der Waals surface area contributed by atoms with Crippen LogP contribution in [0.4, 0.5) is 5.69 Å². The Kier molecular flexibility index (Phi) is 5.51. The van der Waals surface area contributed by atoms with E-state index in [1.807, 2.05) is 54.1 Å². The lowest BCUT2D eigenvalue weighted by molar-refractivity contribution is 0.354. The molecule has 5 rings (SSSR count). The molecule has 9 heteroatoms. The van der Waals surface area contributed by atoms with Gasteiger partial charge in [-0.05, 0) is 48.4 Å². The Bertz CT molecular complexity index is 1520. The largest absolute Gasteiger partial charge is 0.493 e. The third kappa shape index (κ3) is 3.88. The molecule has 3 aromatic heterocycles. The third-order valence-corrected chi connectivity index (χ3v) is 5.69. The van der Waals surface area contributed by atoms with Crippen LogP contribution in [0.25, 0.3) is 28.1 Å². The van der Waals surface area contributed by atoms with Crippen LogP contribution in [-0.4, -0.2) is 38.7 Å². The summed E-state index contributed by atoms with van der Waals surface area (Å²) in [6.07, 6.45) is 6.98. The SMILES string of the molecule is COc1ccc(CNc2cc[nH]c(=O)c2-c2nc3c(C)cc(-n4ccnc4)cc3[nH]2)cc1OC. The molecule has 0 bridgehead atoms. The molecule has 0 saturated carbocycles. The van der Waals surface area contributed by atoms with Crippen molar-refractivity contribution in [3.05, 3.63) is 82.8 Å². The van der Waals surface area contributed by atoms with E-state index in [-0.39, 0.29) is 5.56 Å². The van der Waals surface area contributed by atoms with Crippen molar-refractivity contribution in [3.8, 4) is 28.6 Å². The lowest BCUT2D eigenvalue weighted by atomic mass is 10.1. The number of nitrogens with zero attached hydrogens (tertiary/aromatic N) is 3.